The molecule has 5 aromatic rings. The molecule has 0 atom stereocenters. The number of benzene rings is 3. The minimum absolute atomic E-state index is 0.0746. The minimum Gasteiger partial charge on any atom is -0.268 e. The van der Waals surface area contributed by atoms with Crippen LogP contribution < -0.4 is 5.56 Å². The van der Waals surface area contributed by atoms with Crippen LogP contribution in [0.1, 0.15) is 5.56 Å². The van der Waals surface area contributed by atoms with Gasteiger partial charge in [0.25, 0.3) is 5.56 Å². The molecule has 27 heavy (non-hydrogen) atoms. The first kappa shape index (κ1) is 15.8. The number of fused-ring (bicyclic) bond motifs is 2. The summed E-state index contributed by atoms with van der Waals surface area (Å²) in [7, 11) is 0. The average molecular weight is 370 g/mol. The lowest BCUT2D eigenvalue weighted by Crippen LogP contribution is -2.19. The Kier molecular flexibility index (Phi) is 3.58. The van der Waals surface area contributed by atoms with Gasteiger partial charge in [0.15, 0.2) is 0 Å². The fourth-order valence-corrected chi connectivity index (χ4v) is 3.99. The Labute approximate surface area is 158 Å². The van der Waals surface area contributed by atoms with Crippen LogP contribution in [0.15, 0.2) is 71.8 Å². The molecule has 5 nitrogen and oxygen atoms in total. The van der Waals surface area contributed by atoms with Crippen LogP contribution in [0.2, 0.25) is 0 Å². The molecule has 0 saturated heterocycles. The second-order valence-electron chi connectivity index (χ2n) is 6.32. The molecule has 2 aromatic heterocycles. The molecular weight excluding hydrogens is 356 g/mol. The van der Waals surface area contributed by atoms with Crippen molar-refractivity contribution in [1.82, 2.24) is 18.3 Å². The summed E-state index contributed by atoms with van der Waals surface area (Å²) >= 11 is 1.21. The molecule has 6 heteroatoms. The zero-order valence-corrected chi connectivity index (χ0v) is 15.3. The van der Waals surface area contributed by atoms with Gasteiger partial charge in [0.2, 0.25) is 0 Å². The molecule has 0 bridgehead atoms. The first-order valence-corrected chi connectivity index (χ1v) is 9.25. The van der Waals surface area contributed by atoms with Gasteiger partial charge in [-0.3, -0.25) is 9.36 Å². The fourth-order valence-electron chi connectivity index (χ4n) is 3.44. The van der Waals surface area contributed by atoms with Gasteiger partial charge in [0, 0.05) is 5.56 Å². The number of aromatic nitrogens is 4. The van der Waals surface area contributed by atoms with E-state index >= 15 is 0 Å². The largest absolute Gasteiger partial charge is 0.268 e. The van der Waals surface area contributed by atoms with E-state index in [1.54, 1.807) is 10.9 Å². The Morgan fingerprint density at radius 2 is 1.63 bits per heavy atom. The standard InChI is InChI=1S/C21H14N4OS/c1-13-14(15-8-4-10-18-20(15)24-27-23-18)7-5-11-19(13)25-12-22-17-9-3-2-6-16(17)21(25)26/h2-12H,1H3. The van der Waals surface area contributed by atoms with E-state index in [-0.39, 0.29) is 5.56 Å². The first-order chi connectivity index (χ1) is 13.2. The Bertz CT molecular complexity index is 1370. The van der Waals surface area contributed by atoms with Gasteiger partial charge in [-0.2, -0.15) is 8.75 Å². The number of hydrogen-bond acceptors (Lipinski definition) is 5. The molecule has 0 saturated carbocycles. The summed E-state index contributed by atoms with van der Waals surface area (Å²) in [5, 5.41) is 0.607. The summed E-state index contributed by atoms with van der Waals surface area (Å²) in [6.07, 6.45) is 1.60. The second kappa shape index (κ2) is 6.10. The number of rotatable bonds is 2. The molecule has 0 spiro atoms. The Balaban J connectivity index is 1.77. The van der Waals surface area contributed by atoms with E-state index < -0.39 is 0 Å². The molecule has 0 unspecified atom stereocenters. The maximum absolute atomic E-state index is 13.0. The lowest BCUT2D eigenvalue weighted by atomic mass is 9.98. The molecule has 130 valence electrons. The Hall–Kier alpha value is -3.38. The van der Waals surface area contributed by atoms with Crippen molar-refractivity contribution in [3.8, 4) is 16.8 Å². The zero-order valence-electron chi connectivity index (χ0n) is 14.5. The van der Waals surface area contributed by atoms with E-state index in [0.717, 1.165) is 33.4 Å². The minimum atomic E-state index is -0.0746. The van der Waals surface area contributed by atoms with Crippen molar-refractivity contribution in [1.29, 1.82) is 0 Å². The quantitative estimate of drug-likeness (QED) is 0.463. The summed E-state index contributed by atoms with van der Waals surface area (Å²) < 4.78 is 10.4. The fraction of sp³-hybridized carbons (Fsp3) is 0.0476. The average Bonchev–Trinajstić information content (AvgIpc) is 3.18. The molecule has 3 aromatic carbocycles. The summed E-state index contributed by atoms with van der Waals surface area (Å²) in [6, 6.07) is 19.3. The van der Waals surface area contributed by atoms with Crippen LogP contribution in [0, 0.1) is 6.92 Å². The molecule has 0 aliphatic rings. The number of para-hydroxylation sites is 1. The Morgan fingerprint density at radius 1 is 0.852 bits per heavy atom. The van der Waals surface area contributed by atoms with E-state index in [2.05, 4.69) is 13.7 Å². The topological polar surface area (TPSA) is 60.7 Å². The summed E-state index contributed by atoms with van der Waals surface area (Å²) in [4.78, 5) is 17.4. The smallest absolute Gasteiger partial charge is 0.265 e. The van der Waals surface area contributed by atoms with E-state index in [1.165, 1.54) is 11.7 Å². The van der Waals surface area contributed by atoms with Crippen LogP contribution in [0.4, 0.5) is 0 Å². The van der Waals surface area contributed by atoms with Gasteiger partial charge in [0.1, 0.15) is 17.4 Å². The Morgan fingerprint density at radius 3 is 2.56 bits per heavy atom. The summed E-state index contributed by atoms with van der Waals surface area (Å²) in [6.45, 7) is 2.02. The van der Waals surface area contributed by atoms with E-state index in [9.17, 15) is 4.79 Å². The molecule has 0 fully saturated rings. The third-order valence-corrected chi connectivity index (χ3v) is 5.35. The molecule has 5 rings (SSSR count). The number of nitrogens with zero attached hydrogens (tertiary/aromatic N) is 4. The summed E-state index contributed by atoms with van der Waals surface area (Å²) in [5.74, 6) is 0. The molecule has 2 heterocycles. The maximum Gasteiger partial charge on any atom is 0.265 e. The van der Waals surface area contributed by atoms with Crippen molar-refractivity contribution in [3.63, 3.8) is 0 Å². The van der Waals surface area contributed by atoms with Gasteiger partial charge in [-0.25, -0.2) is 4.98 Å². The van der Waals surface area contributed by atoms with Gasteiger partial charge >= 0.3 is 0 Å². The third-order valence-electron chi connectivity index (χ3n) is 4.81. The molecule has 0 N–H and O–H groups in total. The van der Waals surface area contributed by atoms with Crippen LogP contribution >= 0.6 is 11.7 Å². The van der Waals surface area contributed by atoms with Crippen LogP contribution in [-0.4, -0.2) is 18.3 Å². The van der Waals surface area contributed by atoms with Gasteiger partial charge in [0.05, 0.1) is 28.3 Å². The maximum atomic E-state index is 13.0. The third kappa shape index (κ3) is 2.45. The van der Waals surface area contributed by atoms with Crippen LogP contribution in [0.5, 0.6) is 0 Å². The van der Waals surface area contributed by atoms with E-state index in [0.29, 0.717) is 10.9 Å². The second-order valence-corrected chi connectivity index (χ2v) is 6.85. The zero-order chi connectivity index (χ0) is 18.4. The lowest BCUT2D eigenvalue weighted by Gasteiger charge is -2.14. The highest BCUT2D eigenvalue weighted by molar-refractivity contribution is 7.00. The molecule has 0 amide bonds. The van der Waals surface area contributed by atoms with Gasteiger partial charge in [-0.05, 0) is 42.3 Å². The van der Waals surface area contributed by atoms with Crippen LogP contribution in [0.3, 0.4) is 0 Å². The lowest BCUT2D eigenvalue weighted by molar-refractivity contribution is 0.953. The van der Waals surface area contributed by atoms with Crippen molar-refractivity contribution in [3.05, 3.63) is 82.9 Å². The SMILES string of the molecule is Cc1c(-c2cccc3nsnc23)cccc1-n1cnc2ccccc2c1=O. The highest BCUT2D eigenvalue weighted by atomic mass is 32.1. The van der Waals surface area contributed by atoms with Crippen molar-refractivity contribution in [2.24, 2.45) is 0 Å². The molecular formula is C21H14N4OS. The van der Waals surface area contributed by atoms with Crippen LogP contribution in [-0.2, 0) is 0 Å². The predicted octanol–water partition coefficient (Wildman–Crippen LogP) is 4.37. The van der Waals surface area contributed by atoms with Gasteiger partial charge < -0.3 is 0 Å². The monoisotopic (exact) mass is 370 g/mol. The highest BCUT2D eigenvalue weighted by Gasteiger charge is 2.14. The molecule has 0 aliphatic heterocycles. The predicted molar refractivity (Wildman–Crippen MR) is 108 cm³/mol. The van der Waals surface area contributed by atoms with Crippen molar-refractivity contribution < 1.29 is 0 Å². The van der Waals surface area contributed by atoms with Crippen molar-refractivity contribution in [2.45, 2.75) is 6.92 Å². The van der Waals surface area contributed by atoms with Crippen molar-refractivity contribution in [2.75, 3.05) is 0 Å². The first-order valence-electron chi connectivity index (χ1n) is 8.52. The van der Waals surface area contributed by atoms with Gasteiger partial charge in [-0.15, -0.1) is 0 Å². The van der Waals surface area contributed by atoms with Crippen LogP contribution in [0.25, 0.3) is 38.8 Å². The van der Waals surface area contributed by atoms with Gasteiger partial charge in [-0.1, -0.05) is 36.4 Å². The number of hydrogen-bond donors (Lipinski definition) is 0. The van der Waals surface area contributed by atoms with E-state index in [1.807, 2.05) is 67.6 Å². The molecule has 0 aliphatic carbocycles. The molecule has 0 radical (unpaired) electrons. The van der Waals surface area contributed by atoms with E-state index in [4.69, 9.17) is 0 Å². The van der Waals surface area contributed by atoms with Crippen molar-refractivity contribution >= 4 is 33.7 Å². The summed E-state index contributed by atoms with van der Waals surface area (Å²) in [5.41, 5.74) is 6.25. The highest BCUT2D eigenvalue weighted by Crippen LogP contribution is 2.32. The normalized spacial score (nSPS) is 11.3.